The molecule has 0 aliphatic carbocycles. The van der Waals surface area contributed by atoms with E-state index in [1.165, 1.54) is 5.69 Å². The van der Waals surface area contributed by atoms with Crippen LogP contribution < -0.4 is 0 Å². The molecule has 0 aromatic carbocycles. The third-order valence-corrected chi connectivity index (χ3v) is 4.46. The van der Waals surface area contributed by atoms with Crippen molar-refractivity contribution in [1.82, 2.24) is 4.98 Å². The molecule has 2 rings (SSSR count). The molecule has 0 radical (unpaired) electrons. The third-order valence-electron chi connectivity index (χ3n) is 3.57. The molecule has 1 unspecified atom stereocenters. The first-order valence-electron chi connectivity index (χ1n) is 6.62. The second-order valence-corrected chi connectivity index (χ2v) is 6.18. The highest BCUT2D eigenvalue weighted by Crippen LogP contribution is 2.29. The number of nitrogens with zero attached hydrogens (tertiary/aromatic N) is 2. The molecule has 0 spiro atoms. The summed E-state index contributed by atoms with van der Waals surface area (Å²) in [7, 11) is 0. The van der Waals surface area contributed by atoms with Crippen LogP contribution in [0.25, 0.3) is 0 Å². The predicted octanol–water partition coefficient (Wildman–Crippen LogP) is 3.38. The Morgan fingerprint density at radius 1 is 1.50 bits per heavy atom. The minimum atomic E-state index is 0.0821. The van der Waals surface area contributed by atoms with E-state index in [0.29, 0.717) is 11.8 Å². The van der Waals surface area contributed by atoms with Crippen LogP contribution in [0.5, 0.6) is 0 Å². The first kappa shape index (κ1) is 13.5. The summed E-state index contributed by atoms with van der Waals surface area (Å²) in [4.78, 5) is 4.72. The average Bonchev–Trinajstić information content (AvgIpc) is 2.85. The highest BCUT2D eigenvalue weighted by Gasteiger charge is 2.20. The average molecular weight is 264 g/mol. The van der Waals surface area contributed by atoms with Crippen LogP contribution in [-0.4, -0.2) is 18.2 Å². The number of nitriles is 1. The monoisotopic (exact) mass is 264 g/mol. The molecule has 3 nitrogen and oxygen atoms in total. The molecule has 0 bridgehead atoms. The maximum absolute atomic E-state index is 9.12. The highest BCUT2D eigenvalue weighted by molar-refractivity contribution is 7.09. The molecule has 1 atom stereocenters. The van der Waals surface area contributed by atoms with Crippen molar-refractivity contribution in [3.05, 3.63) is 16.1 Å². The van der Waals surface area contributed by atoms with E-state index in [2.05, 4.69) is 25.3 Å². The van der Waals surface area contributed by atoms with E-state index in [0.717, 1.165) is 37.5 Å². The fraction of sp³-hybridized carbons (Fsp3) is 0.714. The minimum Gasteiger partial charge on any atom is -0.381 e. The summed E-state index contributed by atoms with van der Waals surface area (Å²) in [5.41, 5.74) is 1.21. The zero-order valence-electron chi connectivity index (χ0n) is 11.1. The lowest BCUT2D eigenvalue weighted by atomic mass is 9.94. The smallest absolute Gasteiger partial charge is 0.0941 e. The summed E-state index contributed by atoms with van der Waals surface area (Å²) in [6, 6.07) is 2.39. The van der Waals surface area contributed by atoms with Gasteiger partial charge in [-0.1, -0.05) is 13.8 Å². The second kappa shape index (κ2) is 6.31. The fourth-order valence-corrected chi connectivity index (χ4v) is 3.15. The van der Waals surface area contributed by atoms with Crippen molar-refractivity contribution in [2.24, 2.45) is 11.8 Å². The van der Waals surface area contributed by atoms with Gasteiger partial charge in [0.15, 0.2) is 0 Å². The molecular formula is C14H20N2OS. The normalized spacial score (nSPS) is 18.8. The van der Waals surface area contributed by atoms with Gasteiger partial charge in [0.1, 0.15) is 0 Å². The zero-order valence-corrected chi connectivity index (χ0v) is 11.9. The molecule has 0 saturated carbocycles. The van der Waals surface area contributed by atoms with Crippen LogP contribution in [0, 0.1) is 23.2 Å². The number of hydrogen-bond donors (Lipinski definition) is 0. The lowest BCUT2D eigenvalue weighted by Gasteiger charge is -2.20. The van der Waals surface area contributed by atoms with Gasteiger partial charge in [-0.15, -0.1) is 11.3 Å². The van der Waals surface area contributed by atoms with Crippen molar-refractivity contribution in [1.29, 1.82) is 5.26 Å². The van der Waals surface area contributed by atoms with Gasteiger partial charge in [0.25, 0.3) is 0 Å². The van der Waals surface area contributed by atoms with Crippen molar-refractivity contribution < 1.29 is 4.74 Å². The van der Waals surface area contributed by atoms with Gasteiger partial charge in [-0.05, 0) is 18.8 Å². The predicted molar refractivity (Wildman–Crippen MR) is 72.6 cm³/mol. The molecule has 1 fully saturated rings. The summed E-state index contributed by atoms with van der Waals surface area (Å²) >= 11 is 1.70. The summed E-state index contributed by atoms with van der Waals surface area (Å²) in [6.07, 6.45) is 2.95. The number of thiazole rings is 1. The van der Waals surface area contributed by atoms with Gasteiger partial charge in [-0.3, -0.25) is 0 Å². The Bertz CT molecular complexity index is 416. The molecule has 1 aliphatic rings. The van der Waals surface area contributed by atoms with E-state index >= 15 is 0 Å². The zero-order chi connectivity index (χ0) is 13.0. The van der Waals surface area contributed by atoms with Crippen molar-refractivity contribution >= 4 is 11.3 Å². The molecule has 4 heteroatoms. The molecule has 1 aromatic heterocycles. The van der Waals surface area contributed by atoms with E-state index in [1.54, 1.807) is 11.3 Å². The number of rotatable bonds is 4. The Morgan fingerprint density at radius 3 is 2.83 bits per heavy atom. The summed E-state index contributed by atoms with van der Waals surface area (Å²) in [5, 5.41) is 12.4. The van der Waals surface area contributed by atoms with E-state index in [1.807, 2.05) is 0 Å². The van der Waals surface area contributed by atoms with Crippen molar-refractivity contribution in [2.75, 3.05) is 13.2 Å². The summed E-state index contributed by atoms with van der Waals surface area (Å²) < 4.78 is 5.37. The van der Waals surface area contributed by atoms with Crippen molar-refractivity contribution in [2.45, 2.75) is 39.0 Å². The van der Waals surface area contributed by atoms with Gasteiger partial charge >= 0.3 is 0 Å². The maximum Gasteiger partial charge on any atom is 0.0941 e. The van der Waals surface area contributed by atoms with Gasteiger partial charge in [0, 0.05) is 30.9 Å². The standard InChI is InChI=1S/C14H20N2OS/c1-10(2)12(8-15)7-14-16-13(9-18-14)11-3-5-17-6-4-11/h9-12H,3-7H2,1-2H3. The molecule has 18 heavy (non-hydrogen) atoms. The van der Waals surface area contributed by atoms with E-state index in [9.17, 15) is 0 Å². The molecule has 2 heterocycles. The van der Waals surface area contributed by atoms with Crippen LogP contribution in [-0.2, 0) is 11.2 Å². The van der Waals surface area contributed by atoms with Gasteiger partial charge in [0.05, 0.1) is 22.7 Å². The molecule has 0 N–H and O–H groups in total. The lowest BCUT2D eigenvalue weighted by molar-refractivity contribution is 0.0846. The lowest BCUT2D eigenvalue weighted by Crippen LogP contribution is -2.14. The third kappa shape index (κ3) is 3.30. The van der Waals surface area contributed by atoms with Gasteiger partial charge in [-0.2, -0.15) is 5.26 Å². The van der Waals surface area contributed by atoms with Gasteiger partial charge < -0.3 is 4.74 Å². The van der Waals surface area contributed by atoms with E-state index in [-0.39, 0.29) is 5.92 Å². The summed E-state index contributed by atoms with van der Waals surface area (Å²) in [6.45, 7) is 5.90. The molecule has 0 amide bonds. The number of hydrogen-bond acceptors (Lipinski definition) is 4. The first-order chi connectivity index (χ1) is 8.70. The molecule has 1 aliphatic heterocycles. The Labute approximate surface area is 113 Å². The maximum atomic E-state index is 9.12. The molecule has 1 aromatic rings. The quantitative estimate of drug-likeness (QED) is 0.837. The molecule has 98 valence electrons. The van der Waals surface area contributed by atoms with Crippen LogP contribution in [0.15, 0.2) is 5.38 Å². The van der Waals surface area contributed by atoms with Crippen LogP contribution in [0.1, 0.15) is 43.3 Å². The number of ether oxygens (including phenoxy) is 1. The van der Waals surface area contributed by atoms with Crippen LogP contribution >= 0.6 is 11.3 Å². The Kier molecular flexibility index (Phi) is 4.73. The molecule has 1 saturated heterocycles. The van der Waals surface area contributed by atoms with Crippen LogP contribution in [0.2, 0.25) is 0 Å². The Balaban J connectivity index is 1.99. The number of aromatic nitrogens is 1. The van der Waals surface area contributed by atoms with Crippen LogP contribution in [0.3, 0.4) is 0 Å². The fourth-order valence-electron chi connectivity index (χ4n) is 2.22. The minimum absolute atomic E-state index is 0.0821. The van der Waals surface area contributed by atoms with E-state index < -0.39 is 0 Å². The Hall–Kier alpha value is -0.920. The van der Waals surface area contributed by atoms with Gasteiger partial charge in [0.2, 0.25) is 0 Å². The SMILES string of the molecule is CC(C)C(C#N)Cc1nc(C2CCOCC2)cs1. The van der Waals surface area contributed by atoms with E-state index in [4.69, 9.17) is 15.0 Å². The van der Waals surface area contributed by atoms with Crippen molar-refractivity contribution in [3.63, 3.8) is 0 Å². The highest BCUT2D eigenvalue weighted by atomic mass is 32.1. The van der Waals surface area contributed by atoms with Gasteiger partial charge in [-0.25, -0.2) is 4.98 Å². The van der Waals surface area contributed by atoms with Crippen molar-refractivity contribution in [3.8, 4) is 6.07 Å². The second-order valence-electron chi connectivity index (χ2n) is 5.24. The topological polar surface area (TPSA) is 45.9 Å². The largest absolute Gasteiger partial charge is 0.381 e. The first-order valence-corrected chi connectivity index (χ1v) is 7.50. The summed E-state index contributed by atoms with van der Waals surface area (Å²) in [5.74, 6) is 1.03. The molecular weight excluding hydrogens is 244 g/mol. The Morgan fingerprint density at radius 2 is 2.22 bits per heavy atom. The van der Waals surface area contributed by atoms with Crippen LogP contribution in [0.4, 0.5) is 0 Å².